The van der Waals surface area contributed by atoms with E-state index in [1.807, 2.05) is 58.3 Å². The van der Waals surface area contributed by atoms with Gasteiger partial charge in [0.2, 0.25) is 0 Å². The molecule has 0 bridgehead atoms. The molecule has 5 aromatic carbocycles. The number of methoxy groups -OCH3 is 3. The van der Waals surface area contributed by atoms with Crippen LogP contribution in [0.1, 0.15) is 49.9 Å². The predicted octanol–water partition coefficient (Wildman–Crippen LogP) is 7.91. The molecule has 3 aliphatic heterocycles. The molecule has 8 rings (SSSR count). The first-order chi connectivity index (χ1) is 32.7. The molecule has 0 saturated carbocycles. The second kappa shape index (κ2) is 22.1. The Kier molecular flexibility index (Phi) is 15.6. The Bertz CT molecular complexity index is 2540. The summed E-state index contributed by atoms with van der Waals surface area (Å²) in [6, 6.07) is 29.5. The van der Waals surface area contributed by atoms with Crippen LogP contribution in [-0.4, -0.2) is 111 Å². The number of fused-ring (bicyclic) bond motifs is 5. The van der Waals surface area contributed by atoms with Gasteiger partial charge in [0.05, 0.1) is 75.8 Å². The minimum atomic E-state index is -0.114. The monoisotopic (exact) mass is 931 g/mol. The van der Waals surface area contributed by atoms with Crippen LogP contribution in [0.15, 0.2) is 91.0 Å². The lowest BCUT2D eigenvalue weighted by molar-refractivity contribution is 0.0265. The summed E-state index contributed by atoms with van der Waals surface area (Å²) in [6.07, 6.45) is 1.59. The fraction of sp³-hybridized carbons (Fsp3) is 0.385. The summed E-state index contributed by atoms with van der Waals surface area (Å²) in [5.41, 5.74) is 9.23. The van der Waals surface area contributed by atoms with Crippen molar-refractivity contribution < 1.29 is 42.7 Å². The second-order valence-electron chi connectivity index (χ2n) is 16.8. The highest BCUT2D eigenvalue weighted by atomic mass is 32.1. The molecule has 0 spiro atoms. The molecule has 3 heterocycles. The quantitative estimate of drug-likeness (QED) is 0.0461. The Morgan fingerprint density at radius 2 is 1.46 bits per heavy atom. The summed E-state index contributed by atoms with van der Waals surface area (Å²) in [7, 11) is 6.60. The number of hydrogen-bond acceptors (Lipinski definition) is 13. The number of hydrogen-bond donors (Lipinski definition) is 3. The van der Waals surface area contributed by atoms with Crippen LogP contribution in [0.25, 0.3) is 0 Å². The highest BCUT2D eigenvalue weighted by Gasteiger charge is 2.38. The van der Waals surface area contributed by atoms with E-state index in [0.29, 0.717) is 105 Å². The molecule has 67 heavy (non-hydrogen) atoms. The summed E-state index contributed by atoms with van der Waals surface area (Å²) in [6.45, 7) is 7.35. The maximum absolute atomic E-state index is 14.1. The third kappa shape index (κ3) is 10.9. The molecule has 15 heteroatoms. The van der Waals surface area contributed by atoms with Gasteiger partial charge in [-0.15, -0.1) is 0 Å². The molecular formula is C52H61N5O9S. The average molecular weight is 932 g/mol. The van der Waals surface area contributed by atoms with E-state index in [2.05, 4.69) is 52.8 Å². The van der Waals surface area contributed by atoms with Crippen molar-refractivity contribution in [3.8, 4) is 23.0 Å². The Morgan fingerprint density at radius 3 is 2.16 bits per heavy atom. The average Bonchev–Trinajstić information content (AvgIpc) is 3.92. The predicted molar refractivity (Wildman–Crippen MR) is 266 cm³/mol. The Balaban J connectivity index is 1.05. The molecule has 5 aromatic rings. The molecule has 0 fully saturated rings. The van der Waals surface area contributed by atoms with Crippen LogP contribution in [0.3, 0.4) is 0 Å². The number of amides is 2. The van der Waals surface area contributed by atoms with E-state index in [9.17, 15) is 9.59 Å². The first-order valence-electron chi connectivity index (χ1n) is 22.8. The number of anilines is 5. The lowest BCUT2D eigenvalue weighted by Gasteiger charge is -2.28. The molecule has 0 aromatic heterocycles. The molecule has 14 nitrogen and oxygen atoms in total. The highest BCUT2D eigenvalue weighted by molar-refractivity contribution is 7.81. The van der Waals surface area contributed by atoms with Gasteiger partial charge < -0.3 is 58.5 Å². The van der Waals surface area contributed by atoms with Gasteiger partial charge in [0, 0.05) is 74.8 Å². The van der Waals surface area contributed by atoms with Gasteiger partial charge in [0.25, 0.3) is 11.8 Å². The third-order valence-corrected chi connectivity index (χ3v) is 12.4. The van der Waals surface area contributed by atoms with Gasteiger partial charge in [0.1, 0.15) is 13.2 Å². The Hall–Kier alpha value is -6.13. The fourth-order valence-corrected chi connectivity index (χ4v) is 9.22. The van der Waals surface area contributed by atoms with Crippen molar-refractivity contribution in [3.05, 3.63) is 124 Å². The molecule has 0 aliphatic carbocycles. The standard InChI is InChI=1S/C52H61N5O9S/c1-34(67)31-55(16-17-63-20-21-64-19-18-60-3)39-23-35(32-65-49-28-43(53-2)41(26-47(49)61-4)51(58)56-15-14-37-10-6-8-12-45(37)56)22-36(24-39)33-66-50-29-44-42(27-48(50)62-5)52(59)57-40(30-54-44)25-38-11-7-9-13-46(38)57/h6-13,22-24,26-29,34,40,53-54,67H,14-21,25,30-33H2,1-5H3/t34-,40-/m0/s1. The number of thiol groups is 1. The molecule has 2 N–H and O–H groups in total. The van der Waals surface area contributed by atoms with Crippen molar-refractivity contribution >= 4 is 52.9 Å². The lowest BCUT2D eigenvalue weighted by atomic mass is 10.1. The normalized spacial score (nSPS) is 15.1. The number of rotatable bonds is 22. The van der Waals surface area contributed by atoms with E-state index in [1.54, 1.807) is 40.5 Å². The van der Waals surface area contributed by atoms with Gasteiger partial charge in [-0.2, -0.15) is 12.6 Å². The minimum absolute atomic E-state index is 0.00286. The lowest BCUT2D eigenvalue weighted by Crippen LogP contribution is -2.39. The van der Waals surface area contributed by atoms with Gasteiger partial charge in [-0.1, -0.05) is 43.3 Å². The summed E-state index contributed by atoms with van der Waals surface area (Å²) in [5.74, 6) is 1.70. The van der Waals surface area contributed by atoms with E-state index in [-0.39, 0.29) is 36.3 Å². The van der Waals surface area contributed by atoms with Gasteiger partial charge in [0.15, 0.2) is 23.0 Å². The maximum Gasteiger partial charge on any atom is 0.260 e. The number of nitrogens with zero attached hydrogens (tertiary/aromatic N) is 3. The first kappa shape index (κ1) is 47.4. The summed E-state index contributed by atoms with van der Waals surface area (Å²) in [4.78, 5) is 34.1. The van der Waals surface area contributed by atoms with Crippen molar-refractivity contribution in [2.24, 2.45) is 0 Å². The van der Waals surface area contributed by atoms with E-state index in [0.717, 1.165) is 46.6 Å². The largest absolute Gasteiger partial charge is 0.493 e. The van der Waals surface area contributed by atoms with E-state index < -0.39 is 0 Å². The Labute approximate surface area is 398 Å². The number of ether oxygens (including phenoxy) is 7. The molecule has 354 valence electrons. The smallest absolute Gasteiger partial charge is 0.260 e. The van der Waals surface area contributed by atoms with Crippen LogP contribution in [-0.2, 0) is 40.3 Å². The van der Waals surface area contributed by atoms with E-state index in [4.69, 9.17) is 45.8 Å². The minimum Gasteiger partial charge on any atom is -0.493 e. The number of nitrogens with one attached hydrogen (secondary N) is 2. The van der Waals surface area contributed by atoms with Crippen LogP contribution < -0.4 is 44.3 Å². The van der Waals surface area contributed by atoms with Crippen molar-refractivity contribution in [3.63, 3.8) is 0 Å². The van der Waals surface area contributed by atoms with Crippen LogP contribution >= 0.6 is 12.6 Å². The zero-order valence-corrected chi connectivity index (χ0v) is 39.9. The third-order valence-electron chi connectivity index (χ3n) is 12.3. The molecule has 2 amide bonds. The van der Waals surface area contributed by atoms with Crippen molar-refractivity contribution in [1.29, 1.82) is 0 Å². The van der Waals surface area contributed by atoms with Gasteiger partial charge >= 0.3 is 0 Å². The first-order valence-corrected chi connectivity index (χ1v) is 23.3. The van der Waals surface area contributed by atoms with Crippen LogP contribution in [0, 0.1) is 0 Å². The number of carbonyl (C=O) groups excluding carboxylic acids is 2. The highest BCUT2D eigenvalue weighted by Crippen LogP contribution is 2.41. The fourth-order valence-electron chi connectivity index (χ4n) is 9.02. The zero-order valence-electron chi connectivity index (χ0n) is 39.0. The molecule has 2 atom stereocenters. The SMILES string of the molecule is CNc1cc(OCc2cc(COc3cc4c(cc3OC)C(=O)N3c5ccccc5C[C@H]3CN4)cc(N(CCOCCOCCOC)C[C@H](C)S)c2)c(OC)cc1C(=O)N1CCc2ccccc21. The Morgan fingerprint density at radius 1 is 0.806 bits per heavy atom. The van der Waals surface area contributed by atoms with Crippen LogP contribution in [0.5, 0.6) is 23.0 Å². The maximum atomic E-state index is 14.1. The number of carbonyl (C=O) groups is 2. The van der Waals surface area contributed by atoms with Crippen molar-refractivity contribution in [2.75, 3.05) is 113 Å². The molecule has 0 saturated heterocycles. The second-order valence-corrected chi connectivity index (χ2v) is 17.7. The van der Waals surface area contributed by atoms with Crippen LogP contribution in [0.2, 0.25) is 0 Å². The van der Waals surface area contributed by atoms with Gasteiger partial charge in [-0.05, 0) is 77.6 Å². The topological polar surface area (TPSA) is 133 Å². The van der Waals surface area contributed by atoms with Crippen LogP contribution in [0.4, 0.5) is 28.4 Å². The summed E-state index contributed by atoms with van der Waals surface area (Å²) >= 11 is 4.79. The number of para-hydroxylation sites is 2. The van der Waals surface area contributed by atoms with Crippen molar-refractivity contribution in [2.45, 2.75) is 44.3 Å². The van der Waals surface area contributed by atoms with E-state index >= 15 is 0 Å². The summed E-state index contributed by atoms with van der Waals surface area (Å²) < 4.78 is 41.5. The molecule has 3 aliphatic rings. The molecule has 0 unspecified atom stereocenters. The summed E-state index contributed by atoms with van der Waals surface area (Å²) in [5, 5.41) is 6.80. The van der Waals surface area contributed by atoms with Crippen molar-refractivity contribution in [1.82, 2.24) is 0 Å². The van der Waals surface area contributed by atoms with E-state index in [1.165, 1.54) is 5.56 Å². The molecule has 0 radical (unpaired) electrons. The number of benzene rings is 5. The zero-order chi connectivity index (χ0) is 46.9. The van der Waals surface area contributed by atoms with Gasteiger partial charge in [-0.25, -0.2) is 0 Å². The van der Waals surface area contributed by atoms with Gasteiger partial charge in [-0.3, -0.25) is 9.59 Å². The molecular weight excluding hydrogens is 871 g/mol.